The lowest BCUT2D eigenvalue weighted by molar-refractivity contribution is -0.442. The highest BCUT2D eigenvalue weighted by Crippen LogP contribution is 2.68. The van der Waals surface area contributed by atoms with Crippen molar-refractivity contribution in [2.24, 2.45) is 28.6 Å². The molecule has 0 radical (unpaired) electrons. The van der Waals surface area contributed by atoms with Crippen molar-refractivity contribution < 1.29 is 48.6 Å². The first-order chi connectivity index (χ1) is 18.5. The zero-order valence-corrected chi connectivity index (χ0v) is 22.6. The number of carbonyl (C=O) groups excluding carboxylic acids is 2. The third kappa shape index (κ3) is 3.22. The zero-order valence-electron chi connectivity index (χ0n) is 22.6. The number of ether oxygens (including phenoxy) is 5. The largest absolute Gasteiger partial charge is 0.458 e. The van der Waals surface area contributed by atoms with Crippen molar-refractivity contribution in [1.29, 1.82) is 0 Å². The number of cyclic esters (lactones) is 1. The first kappa shape index (κ1) is 26.3. The molecule has 10 heteroatoms. The molecule has 0 amide bonds. The molecule has 0 aromatic rings. The predicted octanol–water partition coefficient (Wildman–Crippen LogP) is 1.16. The van der Waals surface area contributed by atoms with Gasteiger partial charge in [0.15, 0.2) is 5.78 Å². The number of ketones is 1. The van der Waals surface area contributed by atoms with Crippen LogP contribution in [0, 0.1) is 28.6 Å². The highest BCUT2D eigenvalue weighted by atomic mass is 16.8. The second-order valence-corrected chi connectivity index (χ2v) is 13.1. The Morgan fingerprint density at radius 1 is 1.13 bits per heavy atom. The van der Waals surface area contributed by atoms with Crippen LogP contribution >= 0.6 is 0 Å². The molecule has 3 heterocycles. The summed E-state index contributed by atoms with van der Waals surface area (Å²) in [6, 6.07) is 0. The number of fused-ring (bicyclic) bond motifs is 7. The van der Waals surface area contributed by atoms with Crippen LogP contribution in [0.25, 0.3) is 0 Å². The Balaban J connectivity index is 1.24. The second-order valence-electron chi connectivity index (χ2n) is 13.1. The minimum atomic E-state index is -1.77. The topological polar surface area (TPSA) is 141 Å². The molecule has 0 aromatic carbocycles. The van der Waals surface area contributed by atoms with Crippen molar-refractivity contribution in [3.05, 3.63) is 23.3 Å². The SMILES string of the molecule is CO[C@@H]1CCO[C@H]2O[C@@H]3C=C4CC[C@H]5[C@@H](C(=O)[C@H](O)[C@]6(C)[C@@H](C7=CC(=O)OC7)CC[C@]56O)[C@@]4(C)C[C@H]3O[C@]21O. The number of hydrogen-bond donors (Lipinski definition) is 3. The smallest absolute Gasteiger partial charge is 0.331 e. The minimum Gasteiger partial charge on any atom is -0.458 e. The summed E-state index contributed by atoms with van der Waals surface area (Å²) >= 11 is 0. The fourth-order valence-electron chi connectivity index (χ4n) is 9.62. The van der Waals surface area contributed by atoms with Gasteiger partial charge in [-0.1, -0.05) is 25.5 Å². The summed E-state index contributed by atoms with van der Waals surface area (Å²) in [5, 5.41) is 35.6. The Morgan fingerprint density at radius 3 is 2.64 bits per heavy atom. The van der Waals surface area contributed by atoms with Crippen LogP contribution in [-0.4, -0.2) is 89.5 Å². The van der Waals surface area contributed by atoms with Gasteiger partial charge in [-0.05, 0) is 49.5 Å². The van der Waals surface area contributed by atoms with Crippen LogP contribution in [0.15, 0.2) is 23.3 Å². The van der Waals surface area contributed by atoms with Gasteiger partial charge in [0, 0.05) is 36.4 Å². The molecule has 214 valence electrons. The number of esters is 1. The van der Waals surface area contributed by atoms with E-state index in [9.17, 15) is 24.9 Å². The molecule has 7 aliphatic rings. The van der Waals surface area contributed by atoms with Gasteiger partial charge in [0.2, 0.25) is 12.1 Å². The van der Waals surface area contributed by atoms with E-state index in [2.05, 4.69) is 0 Å². The van der Waals surface area contributed by atoms with Gasteiger partial charge in [0.1, 0.15) is 24.9 Å². The molecular weight excluding hydrogens is 508 g/mol. The lowest BCUT2D eigenvalue weighted by Crippen LogP contribution is -2.71. The van der Waals surface area contributed by atoms with Crippen molar-refractivity contribution in [1.82, 2.24) is 0 Å². The Morgan fingerprint density at radius 2 is 1.92 bits per heavy atom. The van der Waals surface area contributed by atoms with Crippen LogP contribution in [0.1, 0.15) is 52.4 Å². The van der Waals surface area contributed by atoms with Gasteiger partial charge in [-0.25, -0.2) is 4.79 Å². The number of rotatable bonds is 2. The minimum absolute atomic E-state index is 0.130. The molecule has 3 saturated carbocycles. The van der Waals surface area contributed by atoms with E-state index in [0.29, 0.717) is 45.1 Å². The van der Waals surface area contributed by atoms with Crippen LogP contribution in [0.2, 0.25) is 0 Å². The number of methoxy groups -OCH3 is 1. The average Bonchev–Trinajstić information content (AvgIpc) is 3.44. The maximum Gasteiger partial charge on any atom is 0.331 e. The molecule has 2 saturated heterocycles. The summed E-state index contributed by atoms with van der Waals surface area (Å²) in [6.07, 6.45) is 2.57. The van der Waals surface area contributed by atoms with Crippen molar-refractivity contribution in [2.75, 3.05) is 20.3 Å². The number of carbonyl (C=O) groups is 2. The molecule has 3 aliphatic heterocycles. The highest BCUT2D eigenvalue weighted by molar-refractivity contribution is 5.90. The highest BCUT2D eigenvalue weighted by Gasteiger charge is 2.74. The number of Topliss-reactive ketones (excluding diaryl/α,β-unsaturated/α-hetero) is 1. The molecule has 0 aromatic heterocycles. The summed E-state index contributed by atoms with van der Waals surface area (Å²) in [5.41, 5.74) is -1.33. The summed E-state index contributed by atoms with van der Waals surface area (Å²) in [6.45, 7) is 4.34. The first-order valence-corrected chi connectivity index (χ1v) is 14.2. The summed E-state index contributed by atoms with van der Waals surface area (Å²) in [5.74, 6) is -3.80. The molecule has 3 N–H and O–H groups in total. The van der Waals surface area contributed by atoms with E-state index in [1.165, 1.54) is 13.2 Å². The second kappa shape index (κ2) is 8.44. The van der Waals surface area contributed by atoms with Crippen LogP contribution in [-0.2, 0) is 33.3 Å². The lowest BCUT2D eigenvalue weighted by Gasteiger charge is -2.63. The molecule has 0 spiro atoms. The van der Waals surface area contributed by atoms with Gasteiger partial charge in [0.05, 0.1) is 18.3 Å². The molecule has 39 heavy (non-hydrogen) atoms. The Hall–Kier alpha value is -1.66. The van der Waals surface area contributed by atoms with E-state index in [4.69, 9.17) is 23.7 Å². The van der Waals surface area contributed by atoms with Crippen molar-refractivity contribution >= 4 is 11.8 Å². The van der Waals surface area contributed by atoms with Gasteiger partial charge in [0.25, 0.3) is 0 Å². The van der Waals surface area contributed by atoms with Gasteiger partial charge >= 0.3 is 5.97 Å². The average molecular weight is 547 g/mol. The zero-order chi connectivity index (χ0) is 27.5. The Labute approximate surface area is 227 Å². The molecule has 4 aliphatic carbocycles. The molecule has 7 rings (SSSR count). The molecule has 12 atom stereocenters. The van der Waals surface area contributed by atoms with Gasteiger partial charge < -0.3 is 39.0 Å². The van der Waals surface area contributed by atoms with E-state index in [0.717, 1.165) is 11.1 Å². The van der Waals surface area contributed by atoms with Crippen molar-refractivity contribution in [3.8, 4) is 0 Å². The predicted molar refractivity (Wildman–Crippen MR) is 133 cm³/mol. The van der Waals surface area contributed by atoms with Crippen LogP contribution < -0.4 is 0 Å². The van der Waals surface area contributed by atoms with E-state index in [1.807, 2.05) is 13.0 Å². The first-order valence-electron chi connectivity index (χ1n) is 14.2. The van der Waals surface area contributed by atoms with Gasteiger partial charge in [-0.2, -0.15) is 0 Å². The Kier molecular flexibility index (Phi) is 5.68. The molecule has 5 fully saturated rings. The molecule has 0 unspecified atom stereocenters. The molecular formula is C29H38O10. The van der Waals surface area contributed by atoms with E-state index in [-0.39, 0.29) is 24.2 Å². The standard InChI is InChI=1S/C29H38O10/c1-26-12-19-18(38-25-29(34,39-19)20(35-3)7-9-36-25)11-15(26)4-5-17-22(26)23(31)24(32)27(2)16(6-8-28(17,27)33)14-10-21(30)37-13-14/h10-11,16-20,22,24-25,32-34H,4-9,12-13H2,1-3H3/t16-,17+,18-,19-,20-,22+,24+,25+,26+,27+,28+,29+/m1/s1. The third-order valence-electron chi connectivity index (χ3n) is 11.6. The monoisotopic (exact) mass is 546 g/mol. The van der Waals surface area contributed by atoms with Crippen LogP contribution in [0.5, 0.6) is 0 Å². The maximum atomic E-state index is 14.2. The Bertz CT molecular complexity index is 1160. The number of allylic oxidation sites excluding steroid dienone is 1. The summed E-state index contributed by atoms with van der Waals surface area (Å²) in [7, 11) is 1.52. The normalized spacial score (nSPS) is 54.4. The van der Waals surface area contributed by atoms with E-state index >= 15 is 0 Å². The fourth-order valence-corrected chi connectivity index (χ4v) is 9.62. The number of aliphatic hydroxyl groups is 3. The maximum absolute atomic E-state index is 14.2. The molecule has 10 nitrogen and oxygen atoms in total. The summed E-state index contributed by atoms with van der Waals surface area (Å²) in [4.78, 5) is 26.1. The van der Waals surface area contributed by atoms with Gasteiger partial charge in [-0.3, -0.25) is 4.79 Å². The van der Waals surface area contributed by atoms with Crippen LogP contribution in [0.4, 0.5) is 0 Å². The summed E-state index contributed by atoms with van der Waals surface area (Å²) < 4.78 is 28.9. The lowest BCUT2D eigenvalue weighted by atomic mass is 9.43. The van der Waals surface area contributed by atoms with Crippen molar-refractivity contribution in [2.45, 2.75) is 94.5 Å². The fraction of sp³-hybridized carbons (Fsp3) is 0.793. The van der Waals surface area contributed by atoms with E-state index < -0.39 is 64.8 Å². The number of hydrogen-bond acceptors (Lipinski definition) is 10. The van der Waals surface area contributed by atoms with E-state index in [1.54, 1.807) is 6.92 Å². The molecule has 0 bridgehead atoms. The van der Waals surface area contributed by atoms with Gasteiger partial charge in [-0.15, -0.1) is 0 Å². The number of aliphatic hydroxyl groups excluding tert-OH is 1. The van der Waals surface area contributed by atoms with Crippen LogP contribution in [0.3, 0.4) is 0 Å². The quantitative estimate of drug-likeness (QED) is 0.341. The third-order valence-corrected chi connectivity index (χ3v) is 11.6. The van der Waals surface area contributed by atoms with Crippen molar-refractivity contribution in [3.63, 3.8) is 0 Å².